The SMILES string of the molecule is CCOC(=O)C(C)(N)CCCN1CCCC(C)(C)CC1. The Morgan fingerprint density at radius 3 is 2.70 bits per heavy atom. The second-order valence-electron chi connectivity index (χ2n) is 7.10. The van der Waals surface area contributed by atoms with Crippen LogP contribution in [0.3, 0.4) is 0 Å². The van der Waals surface area contributed by atoms with Crippen molar-refractivity contribution in [1.29, 1.82) is 0 Å². The lowest BCUT2D eigenvalue weighted by Crippen LogP contribution is -2.46. The lowest BCUT2D eigenvalue weighted by atomic mass is 9.85. The molecule has 2 N–H and O–H groups in total. The summed E-state index contributed by atoms with van der Waals surface area (Å²) in [5.74, 6) is -0.281. The average molecular weight is 284 g/mol. The second-order valence-corrected chi connectivity index (χ2v) is 7.10. The largest absolute Gasteiger partial charge is 0.465 e. The third-order valence-electron chi connectivity index (χ3n) is 4.34. The molecule has 1 rings (SSSR count). The summed E-state index contributed by atoms with van der Waals surface area (Å²) in [6.07, 6.45) is 5.47. The summed E-state index contributed by atoms with van der Waals surface area (Å²) < 4.78 is 5.02. The number of carbonyl (C=O) groups excluding carboxylic acids is 1. The number of ether oxygens (including phenoxy) is 1. The number of likely N-dealkylation sites (tertiary alicyclic amines) is 1. The van der Waals surface area contributed by atoms with Crippen LogP contribution in [-0.2, 0) is 9.53 Å². The highest BCUT2D eigenvalue weighted by Crippen LogP contribution is 2.29. The number of esters is 1. The van der Waals surface area contributed by atoms with Gasteiger partial charge in [-0.25, -0.2) is 0 Å². The zero-order chi connectivity index (χ0) is 15.2. The molecule has 0 aliphatic carbocycles. The molecule has 0 aromatic heterocycles. The van der Waals surface area contributed by atoms with Crippen LogP contribution in [0, 0.1) is 5.41 Å². The van der Waals surface area contributed by atoms with Gasteiger partial charge in [-0.1, -0.05) is 13.8 Å². The van der Waals surface area contributed by atoms with Gasteiger partial charge >= 0.3 is 5.97 Å². The van der Waals surface area contributed by atoms with E-state index in [4.69, 9.17) is 10.5 Å². The van der Waals surface area contributed by atoms with E-state index in [0.29, 0.717) is 18.4 Å². The fourth-order valence-corrected chi connectivity index (χ4v) is 2.77. The summed E-state index contributed by atoms with van der Waals surface area (Å²) in [5, 5.41) is 0. The van der Waals surface area contributed by atoms with E-state index in [1.54, 1.807) is 6.92 Å². The molecule has 1 atom stereocenters. The average Bonchev–Trinajstić information content (AvgIpc) is 2.51. The van der Waals surface area contributed by atoms with Crippen LogP contribution in [0.5, 0.6) is 0 Å². The third kappa shape index (κ3) is 5.80. The molecule has 1 fully saturated rings. The van der Waals surface area contributed by atoms with E-state index in [-0.39, 0.29) is 5.97 Å². The molecule has 0 spiro atoms. The minimum atomic E-state index is -0.846. The van der Waals surface area contributed by atoms with Crippen molar-refractivity contribution in [2.45, 2.75) is 65.3 Å². The van der Waals surface area contributed by atoms with Crippen molar-refractivity contribution in [3.8, 4) is 0 Å². The second kappa shape index (κ2) is 7.41. The molecule has 20 heavy (non-hydrogen) atoms. The van der Waals surface area contributed by atoms with E-state index in [1.165, 1.54) is 25.8 Å². The van der Waals surface area contributed by atoms with Gasteiger partial charge in [0, 0.05) is 0 Å². The lowest BCUT2D eigenvalue weighted by Gasteiger charge is -2.25. The van der Waals surface area contributed by atoms with Crippen molar-refractivity contribution >= 4 is 5.97 Å². The van der Waals surface area contributed by atoms with Gasteiger partial charge in [-0.2, -0.15) is 0 Å². The number of carbonyl (C=O) groups is 1. The van der Waals surface area contributed by atoms with Crippen molar-refractivity contribution < 1.29 is 9.53 Å². The van der Waals surface area contributed by atoms with Gasteiger partial charge in [0.2, 0.25) is 0 Å². The summed E-state index contributed by atoms with van der Waals surface area (Å²) in [7, 11) is 0. The molecular formula is C16H32N2O2. The molecule has 1 saturated heterocycles. The maximum absolute atomic E-state index is 11.7. The Morgan fingerprint density at radius 1 is 1.35 bits per heavy atom. The van der Waals surface area contributed by atoms with Crippen LogP contribution in [0.25, 0.3) is 0 Å². The van der Waals surface area contributed by atoms with Crippen LogP contribution in [0.1, 0.15) is 59.8 Å². The van der Waals surface area contributed by atoms with Gasteiger partial charge in [0.05, 0.1) is 6.61 Å². The van der Waals surface area contributed by atoms with Crippen molar-refractivity contribution in [2.75, 3.05) is 26.2 Å². The molecule has 0 amide bonds. The first-order valence-electron chi connectivity index (χ1n) is 7.95. The molecule has 1 aliphatic rings. The van der Waals surface area contributed by atoms with Crippen LogP contribution in [0.2, 0.25) is 0 Å². The number of nitrogens with two attached hydrogens (primary N) is 1. The van der Waals surface area contributed by atoms with Gasteiger partial charge < -0.3 is 15.4 Å². The summed E-state index contributed by atoms with van der Waals surface area (Å²) in [6.45, 7) is 12.1. The minimum absolute atomic E-state index is 0.281. The van der Waals surface area contributed by atoms with Crippen LogP contribution >= 0.6 is 0 Å². The standard InChI is InChI=1S/C16H32N2O2/c1-5-20-14(19)16(4,17)9-7-12-18-11-6-8-15(2,3)10-13-18/h5-13,17H2,1-4H3. The van der Waals surface area contributed by atoms with Gasteiger partial charge in [-0.15, -0.1) is 0 Å². The Bertz CT molecular complexity index is 314. The van der Waals surface area contributed by atoms with Gasteiger partial charge in [-0.3, -0.25) is 4.79 Å². The number of rotatable bonds is 6. The highest BCUT2D eigenvalue weighted by Gasteiger charge is 2.30. The first-order chi connectivity index (χ1) is 9.27. The molecule has 118 valence electrons. The quantitative estimate of drug-likeness (QED) is 0.762. The fraction of sp³-hybridized carbons (Fsp3) is 0.938. The zero-order valence-corrected chi connectivity index (χ0v) is 13.7. The molecule has 0 radical (unpaired) electrons. The lowest BCUT2D eigenvalue weighted by molar-refractivity contribution is -0.149. The molecular weight excluding hydrogens is 252 g/mol. The molecule has 0 saturated carbocycles. The van der Waals surface area contributed by atoms with E-state index in [0.717, 1.165) is 19.5 Å². The first-order valence-corrected chi connectivity index (χ1v) is 7.95. The Morgan fingerprint density at radius 2 is 2.05 bits per heavy atom. The predicted molar refractivity (Wildman–Crippen MR) is 82.5 cm³/mol. The Balaban J connectivity index is 2.31. The molecule has 1 heterocycles. The monoisotopic (exact) mass is 284 g/mol. The molecule has 1 unspecified atom stereocenters. The summed E-state index contributed by atoms with van der Waals surface area (Å²) in [4.78, 5) is 14.2. The zero-order valence-electron chi connectivity index (χ0n) is 13.7. The summed E-state index contributed by atoms with van der Waals surface area (Å²) in [5.41, 5.74) is 5.67. The maximum Gasteiger partial charge on any atom is 0.325 e. The van der Waals surface area contributed by atoms with Crippen molar-refractivity contribution in [3.05, 3.63) is 0 Å². The van der Waals surface area contributed by atoms with Gasteiger partial charge in [0.15, 0.2) is 0 Å². The van der Waals surface area contributed by atoms with Gasteiger partial charge in [0.25, 0.3) is 0 Å². The molecule has 4 nitrogen and oxygen atoms in total. The smallest absolute Gasteiger partial charge is 0.325 e. The Labute approximate surface area is 124 Å². The summed E-state index contributed by atoms with van der Waals surface area (Å²) >= 11 is 0. The third-order valence-corrected chi connectivity index (χ3v) is 4.34. The van der Waals surface area contributed by atoms with Crippen molar-refractivity contribution in [3.63, 3.8) is 0 Å². The molecule has 4 heteroatoms. The number of hydrogen-bond acceptors (Lipinski definition) is 4. The van der Waals surface area contributed by atoms with E-state index < -0.39 is 5.54 Å². The van der Waals surface area contributed by atoms with Crippen LogP contribution in [-0.4, -0.2) is 42.6 Å². The molecule has 0 aromatic rings. The Hall–Kier alpha value is -0.610. The molecule has 0 bridgehead atoms. The topological polar surface area (TPSA) is 55.6 Å². The van der Waals surface area contributed by atoms with E-state index in [9.17, 15) is 4.79 Å². The fourth-order valence-electron chi connectivity index (χ4n) is 2.77. The maximum atomic E-state index is 11.7. The van der Waals surface area contributed by atoms with Crippen LogP contribution < -0.4 is 5.73 Å². The van der Waals surface area contributed by atoms with Crippen molar-refractivity contribution in [1.82, 2.24) is 4.90 Å². The highest BCUT2D eigenvalue weighted by molar-refractivity contribution is 5.79. The Kier molecular flexibility index (Phi) is 6.46. The van der Waals surface area contributed by atoms with E-state index in [1.807, 2.05) is 6.92 Å². The van der Waals surface area contributed by atoms with Gasteiger partial charge in [0.1, 0.15) is 5.54 Å². The van der Waals surface area contributed by atoms with E-state index in [2.05, 4.69) is 18.7 Å². The van der Waals surface area contributed by atoms with E-state index >= 15 is 0 Å². The van der Waals surface area contributed by atoms with Crippen LogP contribution in [0.4, 0.5) is 0 Å². The van der Waals surface area contributed by atoms with Crippen LogP contribution in [0.15, 0.2) is 0 Å². The number of hydrogen-bond donors (Lipinski definition) is 1. The van der Waals surface area contributed by atoms with Crippen molar-refractivity contribution in [2.24, 2.45) is 11.1 Å². The normalized spacial score (nSPS) is 22.9. The first kappa shape index (κ1) is 17.4. The predicted octanol–water partition coefficient (Wildman–Crippen LogP) is 2.56. The number of nitrogens with zero attached hydrogens (tertiary/aromatic N) is 1. The molecule has 0 aromatic carbocycles. The van der Waals surface area contributed by atoms with Gasteiger partial charge in [-0.05, 0) is 71.0 Å². The minimum Gasteiger partial charge on any atom is -0.465 e. The molecule has 1 aliphatic heterocycles. The summed E-state index contributed by atoms with van der Waals surface area (Å²) in [6, 6.07) is 0. The highest BCUT2D eigenvalue weighted by atomic mass is 16.5.